The van der Waals surface area contributed by atoms with Crippen molar-refractivity contribution in [3.8, 4) is 0 Å². The van der Waals surface area contributed by atoms with E-state index >= 15 is 0 Å². The van der Waals surface area contributed by atoms with Crippen LogP contribution in [0, 0.1) is 0 Å². The van der Waals surface area contributed by atoms with Crippen molar-refractivity contribution >= 4 is 5.97 Å². The summed E-state index contributed by atoms with van der Waals surface area (Å²) in [6.45, 7) is 6.17. The Morgan fingerprint density at radius 2 is 2.21 bits per heavy atom. The molecule has 5 nitrogen and oxygen atoms in total. The minimum atomic E-state index is -0.145. The quantitative estimate of drug-likeness (QED) is 0.624. The summed E-state index contributed by atoms with van der Waals surface area (Å²) in [5, 5.41) is 2.07. The van der Waals surface area contributed by atoms with E-state index in [9.17, 15) is 4.79 Å². The van der Waals surface area contributed by atoms with Gasteiger partial charge in [-0.15, -0.1) is 0 Å². The van der Waals surface area contributed by atoms with Gasteiger partial charge in [0.25, 0.3) is 0 Å². The molecule has 0 aromatic rings. The van der Waals surface area contributed by atoms with Crippen molar-refractivity contribution in [1.29, 1.82) is 0 Å². The molecule has 82 valence electrons. The van der Waals surface area contributed by atoms with Crippen molar-refractivity contribution in [3.05, 3.63) is 0 Å². The number of nitrogens with one attached hydrogen (secondary N) is 1. The molecule has 14 heavy (non-hydrogen) atoms. The highest BCUT2D eigenvalue weighted by Crippen LogP contribution is 1.92. The maximum Gasteiger partial charge on any atom is 0.307 e. The zero-order valence-corrected chi connectivity index (χ0v) is 8.62. The topological polar surface area (TPSA) is 50.8 Å². The van der Waals surface area contributed by atoms with Gasteiger partial charge in [-0.3, -0.25) is 10.2 Å². The van der Waals surface area contributed by atoms with Gasteiger partial charge in [-0.1, -0.05) is 0 Å². The number of rotatable bonds is 5. The fourth-order valence-electron chi connectivity index (χ4n) is 1.27. The zero-order valence-electron chi connectivity index (χ0n) is 8.62. The van der Waals surface area contributed by atoms with Gasteiger partial charge in [0, 0.05) is 19.6 Å². The molecule has 1 saturated heterocycles. The molecule has 1 heterocycles. The van der Waals surface area contributed by atoms with E-state index < -0.39 is 0 Å². The first kappa shape index (κ1) is 11.4. The van der Waals surface area contributed by atoms with Crippen molar-refractivity contribution in [2.75, 3.05) is 39.5 Å². The average Bonchev–Trinajstić information content (AvgIpc) is 2.20. The molecule has 1 aliphatic heterocycles. The van der Waals surface area contributed by atoms with Crippen LogP contribution in [-0.2, 0) is 14.3 Å². The molecule has 0 bridgehead atoms. The molecule has 0 spiro atoms. The summed E-state index contributed by atoms with van der Waals surface area (Å²) in [5.41, 5.74) is 3.16. The Balaban J connectivity index is 1.99. The number of morpholine rings is 1. The number of hydrogen-bond acceptors (Lipinski definition) is 5. The Kier molecular flexibility index (Phi) is 5.51. The molecule has 5 heteroatoms. The molecule has 1 aliphatic rings. The molecule has 0 aromatic heterocycles. The summed E-state index contributed by atoms with van der Waals surface area (Å²) in [6.07, 6.45) is 0.422. The van der Waals surface area contributed by atoms with E-state index in [0.717, 1.165) is 26.3 Å². The monoisotopic (exact) mass is 202 g/mol. The summed E-state index contributed by atoms with van der Waals surface area (Å²) in [6, 6.07) is 0. The lowest BCUT2D eigenvalue weighted by Crippen LogP contribution is -2.46. The first-order chi connectivity index (χ1) is 6.83. The van der Waals surface area contributed by atoms with Gasteiger partial charge < -0.3 is 9.47 Å². The predicted octanol–water partition coefficient (Wildman–Crippen LogP) is -0.224. The normalized spacial score (nSPS) is 18.1. The molecule has 1 rings (SSSR count). The molecular weight excluding hydrogens is 184 g/mol. The Bertz CT molecular complexity index is 169. The van der Waals surface area contributed by atoms with Crippen LogP contribution in [0.5, 0.6) is 0 Å². The second kappa shape index (κ2) is 6.75. The number of esters is 1. The van der Waals surface area contributed by atoms with Gasteiger partial charge in [0.05, 0.1) is 26.2 Å². The van der Waals surface area contributed by atoms with E-state index in [1.807, 2.05) is 6.92 Å². The van der Waals surface area contributed by atoms with Crippen LogP contribution in [0.15, 0.2) is 0 Å². The molecule has 0 saturated carbocycles. The minimum Gasteiger partial charge on any atom is -0.466 e. The lowest BCUT2D eigenvalue weighted by Gasteiger charge is -2.26. The van der Waals surface area contributed by atoms with Crippen LogP contribution in [0.2, 0.25) is 0 Å². The van der Waals surface area contributed by atoms with Crippen LogP contribution < -0.4 is 5.43 Å². The van der Waals surface area contributed by atoms with E-state index in [2.05, 4.69) is 10.4 Å². The van der Waals surface area contributed by atoms with Crippen molar-refractivity contribution in [2.24, 2.45) is 0 Å². The second-order valence-electron chi connectivity index (χ2n) is 3.06. The number of ether oxygens (including phenoxy) is 2. The van der Waals surface area contributed by atoms with Gasteiger partial charge in [0.1, 0.15) is 0 Å². The van der Waals surface area contributed by atoms with Crippen LogP contribution in [0.4, 0.5) is 0 Å². The number of carbonyl (C=O) groups excluding carboxylic acids is 1. The third-order valence-electron chi connectivity index (χ3n) is 1.98. The molecule has 1 fully saturated rings. The molecule has 1 N–H and O–H groups in total. The highest BCUT2D eigenvalue weighted by molar-refractivity contribution is 5.69. The van der Waals surface area contributed by atoms with Crippen LogP contribution in [-0.4, -0.2) is 50.4 Å². The average molecular weight is 202 g/mol. The van der Waals surface area contributed by atoms with Gasteiger partial charge in [-0.05, 0) is 6.92 Å². The summed E-state index contributed by atoms with van der Waals surface area (Å²) in [5.74, 6) is -0.145. The van der Waals surface area contributed by atoms with Gasteiger partial charge in [0.2, 0.25) is 0 Å². The molecular formula is C9H18N2O3. The standard InChI is InChI=1S/C9H18N2O3/c1-2-14-9(12)3-4-10-11-5-7-13-8-6-11/h10H,2-8H2,1H3. The van der Waals surface area contributed by atoms with Crippen molar-refractivity contribution in [1.82, 2.24) is 10.4 Å². The zero-order chi connectivity index (χ0) is 10.2. The summed E-state index contributed by atoms with van der Waals surface area (Å²) in [4.78, 5) is 11.0. The number of nitrogens with zero attached hydrogens (tertiary/aromatic N) is 1. The van der Waals surface area contributed by atoms with Crippen LogP contribution in [0.1, 0.15) is 13.3 Å². The highest BCUT2D eigenvalue weighted by Gasteiger charge is 2.09. The lowest BCUT2D eigenvalue weighted by molar-refractivity contribution is -0.143. The summed E-state index contributed by atoms with van der Waals surface area (Å²) in [7, 11) is 0. The first-order valence-electron chi connectivity index (χ1n) is 5.04. The molecule has 0 amide bonds. The molecule has 0 atom stereocenters. The van der Waals surface area contributed by atoms with Gasteiger partial charge in [0.15, 0.2) is 0 Å². The molecule has 0 unspecified atom stereocenters. The van der Waals surface area contributed by atoms with Gasteiger partial charge in [-0.2, -0.15) is 0 Å². The maximum absolute atomic E-state index is 11.0. The van der Waals surface area contributed by atoms with Crippen LogP contribution >= 0.6 is 0 Å². The van der Waals surface area contributed by atoms with E-state index in [1.165, 1.54) is 0 Å². The third kappa shape index (κ3) is 4.55. The third-order valence-corrected chi connectivity index (χ3v) is 1.98. The van der Waals surface area contributed by atoms with Crippen LogP contribution in [0.25, 0.3) is 0 Å². The molecule has 0 aliphatic carbocycles. The number of hydrazine groups is 1. The minimum absolute atomic E-state index is 0.145. The van der Waals surface area contributed by atoms with E-state index in [-0.39, 0.29) is 5.97 Å². The van der Waals surface area contributed by atoms with Crippen LogP contribution in [0.3, 0.4) is 0 Å². The van der Waals surface area contributed by atoms with E-state index in [4.69, 9.17) is 9.47 Å². The molecule has 0 aromatic carbocycles. The number of carbonyl (C=O) groups is 1. The van der Waals surface area contributed by atoms with E-state index in [0.29, 0.717) is 19.6 Å². The summed E-state index contributed by atoms with van der Waals surface area (Å²) < 4.78 is 10.0. The fourth-order valence-corrected chi connectivity index (χ4v) is 1.27. The SMILES string of the molecule is CCOC(=O)CCNN1CCOCC1. The maximum atomic E-state index is 11.0. The van der Waals surface area contributed by atoms with Crippen molar-refractivity contribution in [2.45, 2.75) is 13.3 Å². The van der Waals surface area contributed by atoms with Crippen molar-refractivity contribution in [3.63, 3.8) is 0 Å². The first-order valence-corrected chi connectivity index (χ1v) is 5.04. The Labute approximate surface area is 84.3 Å². The Morgan fingerprint density at radius 3 is 2.86 bits per heavy atom. The Hall–Kier alpha value is -0.650. The van der Waals surface area contributed by atoms with Crippen molar-refractivity contribution < 1.29 is 14.3 Å². The van der Waals surface area contributed by atoms with E-state index in [1.54, 1.807) is 0 Å². The second-order valence-corrected chi connectivity index (χ2v) is 3.06. The Morgan fingerprint density at radius 1 is 1.50 bits per heavy atom. The van der Waals surface area contributed by atoms with Gasteiger partial charge >= 0.3 is 5.97 Å². The molecule has 0 radical (unpaired) electrons. The fraction of sp³-hybridized carbons (Fsp3) is 0.889. The number of hydrogen-bond donors (Lipinski definition) is 1. The largest absolute Gasteiger partial charge is 0.466 e. The smallest absolute Gasteiger partial charge is 0.307 e. The predicted molar refractivity (Wildman–Crippen MR) is 51.6 cm³/mol. The summed E-state index contributed by atoms with van der Waals surface area (Å²) >= 11 is 0. The highest BCUT2D eigenvalue weighted by atomic mass is 16.5. The lowest BCUT2D eigenvalue weighted by atomic mass is 10.4. The van der Waals surface area contributed by atoms with Gasteiger partial charge in [-0.25, -0.2) is 5.01 Å².